The summed E-state index contributed by atoms with van der Waals surface area (Å²) in [5, 5.41) is 44.8. The minimum atomic E-state index is -1.81. The van der Waals surface area contributed by atoms with Gasteiger partial charge in [0.15, 0.2) is 6.04 Å². The van der Waals surface area contributed by atoms with Crippen LogP contribution in [0.1, 0.15) is 92.6 Å². The summed E-state index contributed by atoms with van der Waals surface area (Å²) in [6.07, 6.45) is 1.21. The highest BCUT2D eigenvalue weighted by atomic mass is 16.4. The quantitative estimate of drug-likeness (QED) is 0.0517. The van der Waals surface area contributed by atoms with E-state index in [9.17, 15) is 53.7 Å². The Morgan fingerprint density at radius 1 is 0.694 bits per heavy atom. The fourth-order valence-corrected chi connectivity index (χ4v) is 6.65. The predicted octanol–water partition coefficient (Wildman–Crippen LogP) is -0.236. The molecule has 9 atom stereocenters. The number of hydrogen-bond donors (Lipinski definition) is 12. The molecule has 20 heteroatoms. The lowest BCUT2D eigenvalue weighted by Crippen LogP contribution is -2.61. The van der Waals surface area contributed by atoms with E-state index in [1.807, 2.05) is 29.6 Å². The summed E-state index contributed by atoms with van der Waals surface area (Å²) in [5.41, 5.74) is 13.1. The summed E-state index contributed by atoms with van der Waals surface area (Å²) in [6, 6.07) is -2.15. The number of H-pyrrole nitrogens is 1. The van der Waals surface area contributed by atoms with Crippen LogP contribution in [0.2, 0.25) is 0 Å². The smallest absolute Gasteiger partial charge is 0.328 e. The van der Waals surface area contributed by atoms with Crippen molar-refractivity contribution in [1.82, 2.24) is 36.9 Å². The highest BCUT2D eigenvalue weighted by molar-refractivity contribution is 5.98. The molecule has 6 amide bonds. The lowest BCUT2D eigenvalue weighted by atomic mass is 9.96. The summed E-state index contributed by atoms with van der Waals surface area (Å²) in [4.78, 5) is 109. The Bertz CT molecular complexity index is 1850. The Hall–Kier alpha value is -5.60. The fourth-order valence-electron chi connectivity index (χ4n) is 6.65. The second-order valence-electron chi connectivity index (χ2n) is 16.5. The molecule has 14 N–H and O–H groups in total. The third-order valence-electron chi connectivity index (χ3n) is 10.5. The number of benzene rings is 1. The normalized spacial score (nSPS) is 15.8. The fraction of sp³-hybridized carbons (Fsp3) is 0.619. The SMILES string of the molecule is CC[C@H](C)[C@H](NC(=O)[C@H](CC(C)C)NC(=O)[C@H](Cc1c[nH]c2ccccc12)NC(=O)[C@@H](NC(=O)[C@@H](N)CCCCN)C(C)C)C(=O)N[C@@H](CC(=O)O)C(=O)N[C@H](C(=O)O)[C@@H](C)O. The molecule has 0 fully saturated rings. The number of para-hydroxylation sites is 1. The average molecular weight is 874 g/mol. The number of nitrogens with two attached hydrogens (primary N) is 2. The van der Waals surface area contributed by atoms with Gasteiger partial charge in [0.2, 0.25) is 35.4 Å². The molecule has 0 unspecified atom stereocenters. The van der Waals surface area contributed by atoms with Gasteiger partial charge < -0.3 is 63.7 Å². The molecule has 62 heavy (non-hydrogen) atoms. The van der Waals surface area contributed by atoms with Crippen molar-refractivity contribution in [2.75, 3.05) is 6.54 Å². The number of carbonyl (C=O) groups is 8. The summed E-state index contributed by atoms with van der Waals surface area (Å²) < 4.78 is 0. The van der Waals surface area contributed by atoms with Crippen LogP contribution in [-0.4, -0.2) is 123 Å². The molecule has 0 bridgehead atoms. The van der Waals surface area contributed by atoms with Crippen molar-refractivity contribution >= 4 is 58.3 Å². The van der Waals surface area contributed by atoms with Crippen LogP contribution >= 0.6 is 0 Å². The number of amides is 6. The first kappa shape index (κ1) is 52.5. The summed E-state index contributed by atoms with van der Waals surface area (Å²) in [5.74, 6) is -9.20. The van der Waals surface area contributed by atoms with Crippen LogP contribution in [0.5, 0.6) is 0 Å². The molecule has 0 aliphatic carbocycles. The van der Waals surface area contributed by atoms with Crippen LogP contribution in [0.25, 0.3) is 10.9 Å². The van der Waals surface area contributed by atoms with E-state index in [1.54, 1.807) is 47.7 Å². The maximum absolute atomic E-state index is 14.4. The lowest BCUT2D eigenvalue weighted by molar-refractivity contribution is -0.146. The minimum Gasteiger partial charge on any atom is -0.481 e. The number of unbranched alkanes of at least 4 members (excludes halogenated alkanes) is 1. The first-order chi connectivity index (χ1) is 29.1. The van der Waals surface area contributed by atoms with E-state index in [-0.39, 0.29) is 18.8 Å². The number of carboxylic acid groups (broad SMARTS) is 2. The molecule has 20 nitrogen and oxygen atoms in total. The number of aliphatic hydroxyl groups is 1. The molecule has 346 valence electrons. The van der Waals surface area contributed by atoms with Gasteiger partial charge in [0.05, 0.1) is 18.6 Å². The van der Waals surface area contributed by atoms with Gasteiger partial charge in [-0.3, -0.25) is 33.6 Å². The van der Waals surface area contributed by atoms with Crippen molar-refractivity contribution in [3.63, 3.8) is 0 Å². The second-order valence-corrected chi connectivity index (χ2v) is 16.5. The van der Waals surface area contributed by atoms with Gasteiger partial charge in [0, 0.05) is 23.5 Å². The highest BCUT2D eigenvalue weighted by Crippen LogP contribution is 2.20. The Balaban J connectivity index is 2.45. The number of aromatic amines is 1. The van der Waals surface area contributed by atoms with Crippen molar-refractivity contribution in [2.24, 2.45) is 29.2 Å². The van der Waals surface area contributed by atoms with Crippen molar-refractivity contribution in [1.29, 1.82) is 0 Å². The molecule has 1 aromatic carbocycles. The maximum Gasteiger partial charge on any atom is 0.328 e. The number of carboxylic acids is 2. The second kappa shape index (κ2) is 25.4. The first-order valence-corrected chi connectivity index (χ1v) is 21.1. The van der Waals surface area contributed by atoms with Crippen LogP contribution in [0, 0.1) is 17.8 Å². The molecule has 1 aromatic heterocycles. The number of aliphatic carboxylic acids is 2. The number of aromatic nitrogens is 1. The molecule has 0 aliphatic rings. The molecule has 1 heterocycles. The van der Waals surface area contributed by atoms with Crippen LogP contribution < -0.4 is 43.4 Å². The zero-order valence-electron chi connectivity index (χ0n) is 36.7. The number of aliphatic hydroxyl groups excluding tert-OH is 1. The van der Waals surface area contributed by atoms with E-state index >= 15 is 0 Å². The van der Waals surface area contributed by atoms with Crippen LogP contribution in [-0.2, 0) is 44.8 Å². The van der Waals surface area contributed by atoms with Crippen molar-refractivity contribution in [2.45, 2.75) is 142 Å². The monoisotopic (exact) mass is 873 g/mol. The van der Waals surface area contributed by atoms with Crippen LogP contribution in [0.4, 0.5) is 0 Å². The van der Waals surface area contributed by atoms with Gasteiger partial charge in [0.1, 0.15) is 30.2 Å². The van der Waals surface area contributed by atoms with Gasteiger partial charge in [-0.2, -0.15) is 0 Å². The predicted molar refractivity (Wildman–Crippen MR) is 230 cm³/mol. The number of hydrogen-bond acceptors (Lipinski definition) is 11. The summed E-state index contributed by atoms with van der Waals surface area (Å²) in [7, 11) is 0. The van der Waals surface area contributed by atoms with E-state index in [1.165, 1.54) is 0 Å². The van der Waals surface area contributed by atoms with E-state index in [2.05, 4.69) is 31.6 Å². The van der Waals surface area contributed by atoms with Gasteiger partial charge in [-0.05, 0) is 62.1 Å². The minimum absolute atomic E-state index is 0.0301. The maximum atomic E-state index is 14.4. The van der Waals surface area contributed by atoms with Crippen molar-refractivity contribution in [3.05, 3.63) is 36.0 Å². The van der Waals surface area contributed by atoms with Crippen molar-refractivity contribution < 1.29 is 53.7 Å². The van der Waals surface area contributed by atoms with Crippen molar-refractivity contribution in [3.8, 4) is 0 Å². The number of rotatable bonds is 27. The van der Waals surface area contributed by atoms with Gasteiger partial charge in [-0.25, -0.2) is 4.79 Å². The summed E-state index contributed by atoms with van der Waals surface area (Å²) >= 11 is 0. The topological polar surface area (TPSA) is 337 Å². The van der Waals surface area contributed by atoms with E-state index < -0.39 is 114 Å². The van der Waals surface area contributed by atoms with E-state index in [0.29, 0.717) is 37.8 Å². The summed E-state index contributed by atoms with van der Waals surface area (Å²) in [6.45, 7) is 12.0. The van der Waals surface area contributed by atoms with Crippen LogP contribution in [0.3, 0.4) is 0 Å². The van der Waals surface area contributed by atoms with E-state index in [0.717, 1.165) is 17.8 Å². The Morgan fingerprint density at radius 3 is 1.81 bits per heavy atom. The zero-order valence-corrected chi connectivity index (χ0v) is 36.7. The van der Waals surface area contributed by atoms with Gasteiger partial charge in [-0.15, -0.1) is 0 Å². The first-order valence-electron chi connectivity index (χ1n) is 21.1. The highest BCUT2D eigenvalue weighted by Gasteiger charge is 2.37. The molecule has 2 rings (SSSR count). The molecule has 0 aliphatic heterocycles. The number of fused-ring (bicyclic) bond motifs is 1. The third-order valence-corrected chi connectivity index (χ3v) is 10.5. The molecular formula is C42H67N9O11. The standard InChI is InChI=1S/C42H67N9O11/c1-8-23(6)34(41(60)48-31(19-32(53)54)39(58)51-35(24(7)52)42(61)62)50-38(57)29(17-21(2)3)46-37(56)30(18-25-20-45-28-15-10-9-13-26(25)28)47-40(59)33(22(4)5)49-36(55)27(44)14-11-12-16-43/h9-10,13,15,20-24,27,29-31,33-35,45,52H,8,11-12,14,16-19,43-44H2,1-7H3,(H,46,56)(H,47,59)(H,48,60)(H,49,55)(H,50,57)(H,51,58)(H,53,54)(H,61,62)/t23-,24+,27-,29-,30-,31-,33-,34-,35-/m0/s1. The molecule has 2 aromatic rings. The largest absolute Gasteiger partial charge is 0.481 e. The molecule has 0 radical (unpaired) electrons. The molecule has 0 saturated carbocycles. The van der Waals surface area contributed by atoms with Gasteiger partial charge in [0.25, 0.3) is 0 Å². The molecule has 0 saturated heterocycles. The molecular weight excluding hydrogens is 807 g/mol. The number of nitrogens with one attached hydrogen (secondary N) is 7. The van der Waals surface area contributed by atoms with Gasteiger partial charge in [-0.1, -0.05) is 72.6 Å². The van der Waals surface area contributed by atoms with E-state index in [4.69, 9.17) is 11.5 Å². The Labute approximate surface area is 361 Å². The number of carbonyl (C=O) groups excluding carboxylic acids is 6. The molecule has 0 spiro atoms. The third kappa shape index (κ3) is 16.4. The van der Waals surface area contributed by atoms with Crippen LogP contribution in [0.15, 0.2) is 30.5 Å². The lowest BCUT2D eigenvalue weighted by Gasteiger charge is -2.30. The Morgan fingerprint density at radius 2 is 1.24 bits per heavy atom. The Kier molecular flexibility index (Phi) is 21.5. The average Bonchev–Trinajstić information content (AvgIpc) is 3.61. The van der Waals surface area contributed by atoms with Gasteiger partial charge >= 0.3 is 11.9 Å². The zero-order chi connectivity index (χ0) is 46.8.